The number of aromatic nitrogens is 3. The summed E-state index contributed by atoms with van der Waals surface area (Å²) in [7, 11) is 0. The number of fused-ring (bicyclic) bond motifs is 1. The van der Waals surface area contributed by atoms with E-state index in [4.69, 9.17) is 15.6 Å². The van der Waals surface area contributed by atoms with Crippen molar-refractivity contribution in [3.63, 3.8) is 0 Å². The minimum absolute atomic E-state index is 0.0583. The quantitative estimate of drug-likeness (QED) is 0.218. The third-order valence-electron chi connectivity index (χ3n) is 7.66. The number of benzene rings is 2. The van der Waals surface area contributed by atoms with Crippen molar-refractivity contribution in [3.8, 4) is 21.9 Å². The van der Waals surface area contributed by atoms with Gasteiger partial charge in [0.2, 0.25) is 0 Å². The van der Waals surface area contributed by atoms with Gasteiger partial charge in [-0.1, -0.05) is 24.3 Å². The van der Waals surface area contributed by atoms with E-state index in [-0.39, 0.29) is 16.2 Å². The van der Waals surface area contributed by atoms with E-state index in [1.54, 1.807) is 23.2 Å². The van der Waals surface area contributed by atoms with E-state index in [0.717, 1.165) is 39.9 Å². The first kappa shape index (κ1) is 29.9. The van der Waals surface area contributed by atoms with Crippen LogP contribution in [0.5, 0.6) is 5.75 Å². The number of carbonyl (C=O) groups is 2. The molecule has 0 unspecified atom stereocenters. The van der Waals surface area contributed by atoms with Crippen molar-refractivity contribution >= 4 is 40.2 Å². The molecule has 0 saturated carbocycles. The highest BCUT2D eigenvalue weighted by Crippen LogP contribution is 2.39. The smallest absolute Gasteiger partial charge is 0.416 e. The van der Waals surface area contributed by atoms with Crippen molar-refractivity contribution in [3.05, 3.63) is 89.2 Å². The lowest BCUT2D eigenvalue weighted by molar-refractivity contribution is -0.139. The molecule has 1 aliphatic heterocycles. The molecule has 10 nitrogen and oxygen atoms in total. The van der Waals surface area contributed by atoms with Crippen LogP contribution in [0, 0.1) is 0 Å². The number of amides is 2. The zero-order valence-electron chi connectivity index (χ0n) is 23.9. The molecule has 45 heavy (non-hydrogen) atoms. The number of primary amides is 1. The molecule has 6 rings (SSSR count). The van der Waals surface area contributed by atoms with Crippen molar-refractivity contribution in [1.29, 1.82) is 0 Å². The summed E-state index contributed by atoms with van der Waals surface area (Å²) in [4.78, 5) is 36.1. The molecule has 232 valence electrons. The van der Waals surface area contributed by atoms with Crippen LogP contribution in [0.2, 0.25) is 0 Å². The summed E-state index contributed by atoms with van der Waals surface area (Å²) in [6, 6.07) is 16.3. The monoisotopic (exact) mass is 636 g/mol. The van der Waals surface area contributed by atoms with E-state index in [9.17, 15) is 22.8 Å². The highest BCUT2D eigenvalue weighted by atomic mass is 32.1. The van der Waals surface area contributed by atoms with Crippen LogP contribution in [0.25, 0.3) is 27.2 Å². The Hall–Kier alpha value is -5.11. The number of imidazole rings is 1. The second kappa shape index (κ2) is 11.8. The van der Waals surface area contributed by atoms with Gasteiger partial charge >= 0.3 is 12.3 Å². The molecule has 14 heteroatoms. The molecule has 1 atom stereocenters. The summed E-state index contributed by atoms with van der Waals surface area (Å²) < 4.78 is 48.5. The SMILES string of the molecule is C[C@@H](Oc1cc(-n2cnc3cc(-c4ccc(N5CCN(C(=O)O)CC5)nc4)ccc32)sc1C(N)=O)c1ccccc1C(F)(F)F. The molecular weight excluding hydrogens is 609 g/mol. The zero-order valence-corrected chi connectivity index (χ0v) is 24.7. The van der Waals surface area contributed by atoms with Gasteiger partial charge in [-0.3, -0.25) is 9.36 Å². The Balaban J connectivity index is 1.23. The number of hydrogen-bond acceptors (Lipinski definition) is 7. The molecule has 3 N–H and O–H groups in total. The van der Waals surface area contributed by atoms with Gasteiger partial charge in [-0.2, -0.15) is 13.2 Å². The fourth-order valence-corrected chi connectivity index (χ4v) is 6.27. The lowest BCUT2D eigenvalue weighted by atomic mass is 10.0. The average molecular weight is 637 g/mol. The first-order valence-electron chi connectivity index (χ1n) is 13.9. The van der Waals surface area contributed by atoms with Gasteiger partial charge in [-0.25, -0.2) is 14.8 Å². The van der Waals surface area contributed by atoms with E-state index in [2.05, 4.69) is 9.97 Å². The molecule has 0 aliphatic carbocycles. The number of anilines is 1. The first-order chi connectivity index (χ1) is 21.5. The van der Waals surface area contributed by atoms with E-state index in [1.807, 2.05) is 35.2 Å². The second-order valence-electron chi connectivity index (χ2n) is 10.5. The normalized spacial score (nSPS) is 14.5. The van der Waals surface area contributed by atoms with Gasteiger partial charge in [-0.15, -0.1) is 11.3 Å². The van der Waals surface area contributed by atoms with E-state index >= 15 is 0 Å². The minimum Gasteiger partial charge on any atom is -0.484 e. The van der Waals surface area contributed by atoms with Crippen LogP contribution in [-0.4, -0.2) is 62.7 Å². The largest absolute Gasteiger partial charge is 0.484 e. The van der Waals surface area contributed by atoms with Gasteiger partial charge < -0.3 is 25.4 Å². The lowest BCUT2D eigenvalue weighted by Crippen LogP contribution is -2.48. The van der Waals surface area contributed by atoms with Crippen LogP contribution in [0.4, 0.5) is 23.8 Å². The number of halogens is 3. The number of carboxylic acid groups (broad SMARTS) is 1. The van der Waals surface area contributed by atoms with Crippen molar-refractivity contribution in [2.45, 2.75) is 19.2 Å². The van der Waals surface area contributed by atoms with Crippen LogP contribution in [-0.2, 0) is 6.18 Å². The zero-order chi connectivity index (χ0) is 31.9. The van der Waals surface area contributed by atoms with Crippen LogP contribution < -0.4 is 15.4 Å². The number of thiophene rings is 1. The highest BCUT2D eigenvalue weighted by Gasteiger charge is 2.35. The Bertz CT molecular complexity index is 1880. The van der Waals surface area contributed by atoms with Crippen molar-refractivity contribution in [2.75, 3.05) is 31.1 Å². The fraction of sp³-hybridized carbons (Fsp3) is 0.226. The molecule has 4 heterocycles. The predicted molar refractivity (Wildman–Crippen MR) is 163 cm³/mol. The van der Waals surface area contributed by atoms with Crippen LogP contribution in [0.3, 0.4) is 0 Å². The molecule has 0 radical (unpaired) electrons. The van der Waals surface area contributed by atoms with Crippen molar-refractivity contribution < 1.29 is 32.6 Å². The fourth-order valence-electron chi connectivity index (χ4n) is 5.34. The van der Waals surface area contributed by atoms with Gasteiger partial charge in [-0.05, 0) is 42.8 Å². The summed E-state index contributed by atoms with van der Waals surface area (Å²) >= 11 is 1.06. The standard InChI is InChI=1S/C31H27F3N6O4S/c1-18(21-4-2-3-5-22(21)31(32,33)34)44-25-15-27(45-28(25)29(35)41)40-17-37-23-14-19(6-8-24(23)40)20-7-9-26(36-16-20)38-10-12-39(13-11-38)30(42)43/h2-9,14-18H,10-13H2,1H3,(H2,35,41)(H,42,43)/t18-/m1/s1. The summed E-state index contributed by atoms with van der Waals surface area (Å²) in [5.41, 5.74) is 7.91. The predicted octanol–water partition coefficient (Wildman–Crippen LogP) is 6.21. The van der Waals surface area contributed by atoms with E-state index in [1.165, 1.54) is 30.0 Å². The minimum atomic E-state index is -4.56. The molecule has 0 bridgehead atoms. The summed E-state index contributed by atoms with van der Waals surface area (Å²) in [6.07, 6.45) is -3.14. The second-order valence-corrected chi connectivity index (χ2v) is 11.5. The number of rotatable bonds is 7. The Morgan fingerprint density at radius 2 is 1.73 bits per heavy atom. The number of nitrogens with zero attached hydrogens (tertiary/aromatic N) is 5. The summed E-state index contributed by atoms with van der Waals surface area (Å²) in [5, 5.41) is 9.72. The molecule has 2 amide bonds. The summed E-state index contributed by atoms with van der Waals surface area (Å²) in [5.74, 6) is 0.0938. The van der Waals surface area contributed by atoms with Gasteiger partial charge in [0, 0.05) is 49.6 Å². The average Bonchev–Trinajstić information content (AvgIpc) is 3.64. The van der Waals surface area contributed by atoms with Crippen LogP contribution in [0.15, 0.2) is 73.2 Å². The highest BCUT2D eigenvalue weighted by molar-refractivity contribution is 7.16. The Kier molecular flexibility index (Phi) is 7.83. The van der Waals surface area contributed by atoms with Gasteiger partial charge in [0.1, 0.15) is 33.9 Å². The number of nitrogens with two attached hydrogens (primary N) is 1. The number of alkyl halides is 3. The molecular formula is C31H27F3N6O4S. The number of ether oxygens (including phenoxy) is 1. The van der Waals surface area contributed by atoms with Crippen molar-refractivity contribution in [2.24, 2.45) is 5.73 Å². The number of hydrogen-bond donors (Lipinski definition) is 2. The Morgan fingerprint density at radius 3 is 2.40 bits per heavy atom. The third kappa shape index (κ3) is 6.00. The molecule has 2 aromatic carbocycles. The Labute approximate surface area is 259 Å². The molecule has 1 saturated heterocycles. The Morgan fingerprint density at radius 1 is 1.00 bits per heavy atom. The van der Waals surface area contributed by atoms with E-state index < -0.39 is 29.8 Å². The molecule has 1 fully saturated rings. The van der Waals surface area contributed by atoms with E-state index in [0.29, 0.717) is 36.7 Å². The lowest BCUT2D eigenvalue weighted by Gasteiger charge is -2.33. The van der Waals surface area contributed by atoms with Crippen molar-refractivity contribution in [1.82, 2.24) is 19.4 Å². The third-order valence-corrected chi connectivity index (χ3v) is 8.79. The van der Waals surface area contributed by atoms with Gasteiger partial charge in [0.05, 0.1) is 16.6 Å². The van der Waals surface area contributed by atoms with Crippen LogP contribution >= 0.6 is 11.3 Å². The molecule has 3 aromatic heterocycles. The molecule has 5 aromatic rings. The summed E-state index contributed by atoms with van der Waals surface area (Å²) in [6.45, 7) is 3.45. The maximum atomic E-state index is 13.6. The maximum absolute atomic E-state index is 13.6. The van der Waals surface area contributed by atoms with Crippen LogP contribution in [0.1, 0.15) is 33.8 Å². The van der Waals surface area contributed by atoms with Gasteiger partial charge in [0.15, 0.2) is 0 Å². The van der Waals surface area contributed by atoms with Gasteiger partial charge in [0.25, 0.3) is 5.91 Å². The topological polar surface area (TPSA) is 127 Å². The molecule has 0 spiro atoms. The number of carbonyl (C=O) groups excluding carboxylic acids is 1. The number of pyridine rings is 1. The number of piperazine rings is 1. The maximum Gasteiger partial charge on any atom is 0.416 e. The molecule has 1 aliphatic rings. The first-order valence-corrected chi connectivity index (χ1v) is 14.7.